The predicted octanol–water partition coefficient (Wildman–Crippen LogP) is 5.13. The number of rotatable bonds is 2. The molecule has 4 heteroatoms. The van der Waals surface area contributed by atoms with E-state index in [1.54, 1.807) is 12.1 Å². The fourth-order valence-corrected chi connectivity index (χ4v) is 2.18. The van der Waals surface area contributed by atoms with E-state index in [0.29, 0.717) is 5.56 Å². The number of hydrogen-bond acceptors (Lipinski definition) is 2. The maximum absolute atomic E-state index is 10.8. The molecule has 0 aliphatic heterocycles. The van der Waals surface area contributed by atoms with E-state index in [-0.39, 0.29) is 0 Å². The quantitative estimate of drug-likeness (QED) is 0.565. The Balaban J connectivity index is 0.000000199. The summed E-state index contributed by atoms with van der Waals surface area (Å²) in [6.45, 7) is 0. The lowest BCUT2D eigenvalue weighted by molar-refractivity contribution is 0.107. The summed E-state index contributed by atoms with van der Waals surface area (Å²) < 4.78 is 0. The smallest absolute Gasteiger partial charge is 0.253 e. The fourth-order valence-electron chi connectivity index (χ4n) is 1.22. The molecule has 0 aromatic heterocycles. The fraction of sp³-hybridized carbons (Fsp3) is 0.0714. The summed E-state index contributed by atoms with van der Waals surface area (Å²) in [6, 6.07) is 16.7. The van der Waals surface area contributed by atoms with Crippen molar-refractivity contribution in [3.8, 4) is 0 Å². The lowest BCUT2D eigenvalue weighted by atomic mass is 10.2. The van der Waals surface area contributed by atoms with Crippen molar-refractivity contribution in [2.24, 2.45) is 0 Å². The van der Waals surface area contributed by atoms with E-state index in [1.807, 2.05) is 48.7 Å². The van der Waals surface area contributed by atoms with Crippen molar-refractivity contribution >= 4 is 40.2 Å². The molecule has 0 heterocycles. The highest BCUT2D eigenvalue weighted by atomic mass is 35.5. The number of thioether (sulfide) groups is 1. The molecule has 0 saturated carbocycles. The Kier molecular flexibility index (Phi) is 6.88. The van der Waals surface area contributed by atoms with Gasteiger partial charge in [0, 0.05) is 15.5 Å². The van der Waals surface area contributed by atoms with Gasteiger partial charge in [-0.2, -0.15) is 0 Å². The first-order valence-corrected chi connectivity index (χ1v) is 7.16. The number of hydrogen-bond donors (Lipinski definition) is 0. The van der Waals surface area contributed by atoms with Crippen molar-refractivity contribution in [3.05, 3.63) is 65.2 Å². The van der Waals surface area contributed by atoms with Crippen LogP contribution in [-0.4, -0.2) is 11.5 Å². The second kappa shape index (κ2) is 8.20. The zero-order chi connectivity index (χ0) is 13.4. The van der Waals surface area contributed by atoms with Gasteiger partial charge in [0.1, 0.15) is 0 Å². The molecule has 0 fully saturated rings. The van der Waals surface area contributed by atoms with Crippen molar-refractivity contribution in [2.45, 2.75) is 4.90 Å². The van der Waals surface area contributed by atoms with Crippen LogP contribution < -0.4 is 0 Å². The van der Waals surface area contributed by atoms with E-state index in [9.17, 15) is 4.79 Å². The molecule has 0 atom stereocenters. The molecule has 0 bridgehead atoms. The maximum Gasteiger partial charge on any atom is 0.253 e. The van der Waals surface area contributed by atoms with Crippen molar-refractivity contribution in [1.29, 1.82) is 0 Å². The molecule has 0 aliphatic rings. The molecule has 0 amide bonds. The van der Waals surface area contributed by atoms with Crippen LogP contribution in [0.2, 0.25) is 5.02 Å². The van der Waals surface area contributed by atoms with E-state index in [0.717, 1.165) is 9.92 Å². The highest BCUT2D eigenvalue weighted by Gasteiger charge is 2.05. The summed E-state index contributed by atoms with van der Waals surface area (Å²) in [5.41, 5.74) is 0.585. The largest absolute Gasteiger partial charge is 0.276 e. The van der Waals surface area contributed by atoms with Crippen LogP contribution in [0.5, 0.6) is 0 Å². The van der Waals surface area contributed by atoms with Gasteiger partial charge in [-0.25, -0.2) is 0 Å². The van der Waals surface area contributed by atoms with Crippen molar-refractivity contribution in [1.82, 2.24) is 0 Å². The van der Waals surface area contributed by atoms with E-state index < -0.39 is 5.24 Å². The van der Waals surface area contributed by atoms with E-state index >= 15 is 0 Å². The zero-order valence-corrected chi connectivity index (χ0v) is 12.1. The Bertz CT molecular complexity index is 500. The third-order valence-corrected chi connectivity index (χ3v) is 3.30. The molecular formula is C14H12Cl2OS. The molecule has 0 saturated heterocycles. The van der Waals surface area contributed by atoms with Gasteiger partial charge in [0.25, 0.3) is 5.24 Å². The average Bonchev–Trinajstić information content (AvgIpc) is 2.40. The molecule has 0 unspecified atom stereocenters. The van der Waals surface area contributed by atoms with Crippen LogP contribution in [0.25, 0.3) is 0 Å². The minimum Gasteiger partial charge on any atom is -0.276 e. The minimum absolute atomic E-state index is 0.394. The lowest BCUT2D eigenvalue weighted by Crippen LogP contribution is -1.90. The van der Waals surface area contributed by atoms with Crippen LogP contribution in [-0.2, 0) is 0 Å². The first kappa shape index (κ1) is 15.1. The molecule has 2 rings (SSSR count). The van der Waals surface area contributed by atoms with Gasteiger partial charge < -0.3 is 0 Å². The van der Waals surface area contributed by atoms with E-state index in [4.69, 9.17) is 23.2 Å². The zero-order valence-electron chi connectivity index (χ0n) is 9.77. The molecule has 0 radical (unpaired) electrons. The SMILES string of the molecule is CSc1ccccc1C(=O)Cl.Clc1ccccc1. The molecule has 0 N–H and O–H groups in total. The van der Waals surface area contributed by atoms with Crippen LogP contribution in [0.15, 0.2) is 59.5 Å². The van der Waals surface area contributed by atoms with Crippen molar-refractivity contribution in [2.75, 3.05) is 6.26 Å². The van der Waals surface area contributed by atoms with Crippen LogP contribution in [0.3, 0.4) is 0 Å². The Labute approximate surface area is 121 Å². The Morgan fingerprint density at radius 1 is 1.00 bits per heavy atom. The van der Waals surface area contributed by atoms with Crippen LogP contribution in [0, 0.1) is 0 Å². The summed E-state index contributed by atoms with van der Waals surface area (Å²) in [5.74, 6) is 0. The summed E-state index contributed by atoms with van der Waals surface area (Å²) in [6.07, 6.45) is 1.92. The molecular weight excluding hydrogens is 287 g/mol. The van der Waals surface area contributed by atoms with Gasteiger partial charge in [0.2, 0.25) is 0 Å². The average molecular weight is 299 g/mol. The third-order valence-electron chi connectivity index (χ3n) is 2.05. The van der Waals surface area contributed by atoms with Gasteiger partial charge in [-0.05, 0) is 42.1 Å². The van der Waals surface area contributed by atoms with Crippen LogP contribution in [0.1, 0.15) is 10.4 Å². The molecule has 0 spiro atoms. The monoisotopic (exact) mass is 298 g/mol. The van der Waals surface area contributed by atoms with Gasteiger partial charge >= 0.3 is 0 Å². The van der Waals surface area contributed by atoms with E-state index in [2.05, 4.69) is 0 Å². The summed E-state index contributed by atoms with van der Waals surface area (Å²) >= 11 is 12.4. The van der Waals surface area contributed by atoms with Gasteiger partial charge in [-0.15, -0.1) is 11.8 Å². The number of carbonyl (C=O) groups excluding carboxylic acids is 1. The van der Waals surface area contributed by atoms with Gasteiger partial charge in [0.05, 0.1) is 0 Å². The van der Waals surface area contributed by atoms with Crippen molar-refractivity contribution < 1.29 is 4.79 Å². The maximum atomic E-state index is 10.8. The number of carbonyl (C=O) groups is 1. The van der Waals surface area contributed by atoms with Gasteiger partial charge in [-0.1, -0.05) is 41.9 Å². The molecule has 0 aliphatic carbocycles. The Hall–Kier alpha value is -0.960. The minimum atomic E-state index is -0.394. The highest BCUT2D eigenvalue weighted by molar-refractivity contribution is 7.98. The lowest BCUT2D eigenvalue weighted by Gasteiger charge is -1.99. The van der Waals surface area contributed by atoms with E-state index in [1.165, 1.54) is 11.8 Å². The summed E-state index contributed by atoms with van der Waals surface area (Å²) in [4.78, 5) is 11.7. The third kappa shape index (κ3) is 5.13. The molecule has 94 valence electrons. The van der Waals surface area contributed by atoms with Crippen molar-refractivity contribution in [3.63, 3.8) is 0 Å². The number of benzene rings is 2. The topological polar surface area (TPSA) is 17.1 Å². The summed E-state index contributed by atoms with van der Waals surface area (Å²) in [7, 11) is 0. The molecule has 18 heavy (non-hydrogen) atoms. The van der Waals surface area contributed by atoms with Crippen LogP contribution >= 0.6 is 35.0 Å². The van der Waals surface area contributed by atoms with Crippen LogP contribution in [0.4, 0.5) is 0 Å². The Morgan fingerprint density at radius 3 is 1.94 bits per heavy atom. The molecule has 2 aromatic rings. The first-order chi connectivity index (χ1) is 8.65. The highest BCUT2D eigenvalue weighted by Crippen LogP contribution is 2.20. The Morgan fingerprint density at radius 2 is 1.56 bits per heavy atom. The van der Waals surface area contributed by atoms with Gasteiger partial charge in [0.15, 0.2) is 0 Å². The normalized spacial score (nSPS) is 9.28. The first-order valence-electron chi connectivity index (χ1n) is 5.18. The molecule has 1 nitrogen and oxygen atoms in total. The standard InChI is InChI=1S/C8H7ClOS.C6H5Cl/c1-11-7-5-3-2-4-6(7)8(9)10;7-6-4-2-1-3-5-6/h2-5H,1H3;1-5H. The molecule has 2 aromatic carbocycles. The number of halogens is 2. The second-order valence-electron chi connectivity index (χ2n) is 3.27. The summed E-state index contributed by atoms with van der Waals surface area (Å²) in [5, 5.41) is 0.400. The van der Waals surface area contributed by atoms with Gasteiger partial charge in [-0.3, -0.25) is 4.79 Å². The second-order valence-corrected chi connectivity index (χ2v) is 4.90. The predicted molar refractivity (Wildman–Crippen MR) is 79.9 cm³/mol.